The molecular weight excluding hydrogens is 256 g/mol. The Hall–Kier alpha value is -2.71. The average Bonchev–Trinajstić information content (AvgIpc) is 3.01. The van der Waals surface area contributed by atoms with E-state index in [1.54, 1.807) is 6.92 Å². The van der Waals surface area contributed by atoms with E-state index < -0.39 is 5.97 Å². The summed E-state index contributed by atoms with van der Waals surface area (Å²) in [5.74, 6) is -1.40. The largest absolute Gasteiger partial charge is 0.475 e. The lowest BCUT2D eigenvalue weighted by molar-refractivity contribution is -0.140. The van der Waals surface area contributed by atoms with E-state index in [1.807, 2.05) is 0 Å². The third kappa shape index (κ3) is 4.58. The van der Waals surface area contributed by atoms with Gasteiger partial charge in [0.2, 0.25) is 11.6 Å². The molecule has 0 aliphatic carbocycles. The van der Waals surface area contributed by atoms with Crippen LogP contribution in [0.4, 0.5) is 0 Å². The monoisotopic (exact) mass is 268 g/mol. The number of ether oxygens (including phenoxy) is 1. The standard InChI is InChI=1S/C6H4N4O3.C4H8O2/c11-6(12)5-7-4(8-9-5)3-1-2-13-10-3;1-3-6-4(2)5/h1-2H,(H,11,12)(H,7,8,9);3H2,1-2H3. The minimum absolute atomic E-state index is 0.200. The third-order valence-electron chi connectivity index (χ3n) is 1.70. The topological polar surface area (TPSA) is 131 Å². The number of hydrogen-bond donors (Lipinski definition) is 2. The number of carbonyl (C=O) groups is 2. The van der Waals surface area contributed by atoms with Gasteiger partial charge in [-0.2, -0.15) is 10.1 Å². The van der Waals surface area contributed by atoms with Crippen LogP contribution in [0.5, 0.6) is 0 Å². The maximum atomic E-state index is 10.4. The summed E-state index contributed by atoms with van der Waals surface area (Å²) in [6.45, 7) is 3.65. The lowest BCUT2D eigenvalue weighted by Gasteiger charge is -1.89. The van der Waals surface area contributed by atoms with Crippen LogP contribution in [-0.4, -0.2) is 44.0 Å². The van der Waals surface area contributed by atoms with Crippen molar-refractivity contribution in [3.63, 3.8) is 0 Å². The maximum Gasteiger partial charge on any atom is 0.373 e. The zero-order valence-corrected chi connectivity index (χ0v) is 10.3. The molecule has 2 rings (SSSR count). The predicted octanol–water partition coefficient (Wildman–Crippen LogP) is 0.727. The van der Waals surface area contributed by atoms with Gasteiger partial charge in [-0.15, -0.1) is 0 Å². The van der Waals surface area contributed by atoms with Gasteiger partial charge in [0.25, 0.3) is 0 Å². The summed E-state index contributed by atoms with van der Waals surface area (Å²) in [4.78, 5) is 23.9. The first-order valence-electron chi connectivity index (χ1n) is 5.24. The summed E-state index contributed by atoms with van der Waals surface area (Å²) < 4.78 is 8.95. The van der Waals surface area contributed by atoms with Gasteiger partial charge >= 0.3 is 11.9 Å². The molecule has 0 atom stereocenters. The third-order valence-corrected chi connectivity index (χ3v) is 1.70. The van der Waals surface area contributed by atoms with Gasteiger partial charge in [-0.25, -0.2) is 4.79 Å². The minimum Gasteiger partial charge on any atom is -0.475 e. The Kier molecular flexibility index (Phi) is 5.20. The Morgan fingerprint density at radius 1 is 1.53 bits per heavy atom. The van der Waals surface area contributed by atoms with Crippen molar-refractivity contribution in [1.82, 2.24) is 20.3 Å². The van der Waals surface area contributed by atoms with Crippen LogP contribution < -0.4 is 0 Å². The van der Waals surface area contributed by atoms with Crippen LogP contribution in [0.25, 0.3) is 11.5 Å². The summed E-state index contributed by atoms with van der Waals surface area (Å²) in [6.07, 6.45) is 1.35. The quantitative estimate of drug-likeness (QED) is 0.778. The molecule has 0 fully saturated rings. The molecule has 0 aliphatic rings. The van der Waals surface area contributed by atoms with Crippen molar-refractivity contribution in [3.8, 4) is 11.5 Å². The zero-order chi connectivity index (χ0) is 14.3. The van der Waals surface area contributed by atoms with E-state index in [2.05, 4.69) is 29.6 Å². The van der Waals surface area contributed by atoms with Gasteiger partial charge in [0.15, 0.2) is 5.69 Å². The number of carbonyl (C=O) groups excluding carboxylic acids is 1. The lowest BCUT2D eigenvalue weighted by atomic mass is 10.4. The Morgan fingerprint density at radius 3 is 2.63 bits per heavy atom. The Morgan fingerprint density at radius 2 is 2.26 bits per heavy atom. The number of esters is 1. The van der Waals surface area contributed by atoms with E-state index in [4.69, 9.17) is 5.11 Å². The second-order valence-electron chi connectivity index (χ2n) is 3.12. The van der Waals surface area contributed by atoms with E-state index in [9.17, 15) is 9.59 Å². The number of nitrogens with one attached hydrogen (secondary N) is 1. The van der Waals surface area contributed by atoms with Crippen LogP contribution >= 0.6 is 0 Å². The fraction of sp³-hybridized carbons (Fsp3) is 0.300. The van der Waals surface area contributed by atoms with Crippen molar-refractivity contribution in [2.24, 2.45) is 0 Å². The highest BCUT2D eigenvalue weighted by atomic mass is 16.5. The van der Waals surface area contributed by atoms with E-state index in [1.165, 1.54) is 19.3 Å². The summed E-state index contributed by atoms with van der Waals surface area (Å²) >= 11 is 0. The number of aromatic carboxylic acids is 1. The molecule has 0 aromatic carbocycles. The van der Waals surface area contributed by atoms with Crippen molar-refractivity contribution in [2.75, 3.05) is 6.61 Å². The molecule has 19 heavy (non-hydrogen) atoms. The molecule has 2 aromatic rings. The SMILES string of the molecule is CCOC(C)=O.O=C(O)c1nc(-c2ccon2)n[nH]1. The summed E-state index contributed by atoms with van der Waals surface area (Å²) in [5, 5.41) is 18.0. The van der Waals surface area contributed by atoms with Crippen molar-refractivity contribution < 1.29 is 24.0 Å². The molecule has 2 heterocycles. The molecule has 2 N–H and O–H groups in total. The van der Waals surface area contributed by atoms with Gasteiger partial charge in [0.1, 0.15) is 6.26 Å². The van der Waals surface area contributed by atoms with E-state index in [-0.39, 0.29) is 17.6 Å². The van der Waals surface area contributed by atoms with Gasteiger partial charge in [0, 0.05) is 13.0 Å². The molecule has 0 spiro atoms. The van der Waals surface area contributed by atoms with Crippen molar-refractivity contribution in [2.45, 2.75) is 13.8 Å². The second-order valence-corrected chi connectivity index (χ2v) is 3.12. The molecule has 0 bridgehead atoms. The normalized spacial score (nSPS) is 9.37. The molecule has 102 valence electrons. The van der Waals surface area contributed by atoms with Gasteiger partial charge in [-0.3, -0.25) is 9.89 Å². The molecular formula is C10H12N4O5. The van der Waals surface area contributed by atoms with Gasteiger partial charge in [-0.1, -0.05) is 5.16 Å². The number of aromatic nitrogens is 4. The first kappa shape index (κ1) is 14.4. The van der Waals surface area contributed by atoms with Crippen LogP contribution in [0.1, 0.15) is 24.5 Å². The lowest BCUT2D eigenvalue weighted by Crippen LogP contribution is -1.98. The number of nitrogens with zero attached hydrogens (tertiary/aromatic N) is 3. The first-order chi connectivity index (χ1) is 9.04. The van der Waals surface area contributed by atoms with Crippen LogP contribution in [0.15, 0.2) is 16.9 Å². The van der Waals surface area contributed by atoms with Gasteiger partial charge < -0.3 is 14.4 Å². The van der Waals surface area contributed by atoms with Crippen molar-refractivity contribution >= 4 is 11.9 Å². The van der Waals surface area contributed by atoms with Crippen LogP contribution in [0, 0.1) is 0 Å². The molecule has 0 aliphatic heterocycles. The minimum atomic E-state index is -1.16. The fourth-order valence-electron chi connectivity index (χ4n) is 1.00. The Labute approximate surface area is 107 Å². The number of aromatic amines is 1. The second kappa shape index (κ2) is 6.89. The predicted molar refractivity (Wildman–Crippen MR) is 61.1 cm³/mol. The molecule has 2 aromatic heterocycles. The number of carboxylic acid groups (broad SMARTS) is 1. The van der Waals surface area contributed by atoms with Gasteiger partial charge in [0.05, 0.1) is 6.61 Å². The van der Waals surface area contributed by atoms with Crippen LogP contribution in [0.3, 0.4) is 0 Å². The number of hydrogen-bond acceptors (Lipinski definition) is 7. The fourth-order valence-corrected chi connectivity index (χ4v) is 1.00. The van der Waals surface area contributed by atoms with E-state index >= 15 is 0 Å². The maximum absolute atomic E-state index is 10.4. The smallest absolute Gasteiger partial charge is 0.373 e. The Bertz CT molecular complexity index is 534. The highest BCUT2D eigenvalue weighted by Crippen LogP contribution is 2.10. The highest BCUT2D eigenvalue weighted by Gasteiger charge is 2.12. The molecule has 9 nitrogen and oxygen atoms in total. The number of rotatable bonds is 3. The summed E-state index contributed by atoms with van der Waals surface area (Å²) in [6, 6.07) is 1.54. The molecule has 0 unspecified atom stereocenters. The van der Waals surface area contributed by atoms with Gasteiger partial charge in [-0.05, 0) is 6.92 Å². The molecule has 0 radical (unpaired) electrons. The summed E-state index contributed by atoms with van der Waals surface area (Å²) in [7, 11) is 0. The zero-order valence-electron chi connectivity index (χ0n) is 10.3. The molecule has 0 saturated heterocycles. The number of H-pyrrole nitrogens is 1. The van der Waals surface area contributed by atoms with Crippen molar-refractivity contribution in [3.05, 3.63) is 18.2 Å². The molecule has 0 saturated carbocycles. The van der Waals surface area contributed by atoms with Crippen LogP contribution in [0.2, 0.25) is 0 Å². The van der Waals surface area contributed by atoms with Crippen LogP contribution in [-0.2, 0) is 9.53 Å². The first-order valence-corrected chi connectivity index (χ1v) is 5.24. The Balaban J connectivity index is 0.000000258. The van der Waals surface area contributed by atoms with E-state index in [0.29, 0.717) is 12.3 Å². The molecule has 0 amide bonds. The van der Waals surface area contributed by atoms with Crippen molar-refractivity contribution in [1.29, 1.82) is 0 Å². The highest BCUT2D eigenvalue weighted by molar-refractivity contribution is 5.83. The molecule has 9 heteroatoms. The summed E-state index contributed by atoms with van der Waals surface area (Å²) in [5.41, 5.74) is 0.392. The average molecular weight is 268 g/mol. The van der Waals surface area contributed by atoms with E-state index in [0.717, 1.165) is 0 Å². The number of carboxylic acids is 1.